The molecule has 0 saturated carbocycles. The zero-order chi connectivity index (χ0) is 12.2. The van der Waals surface area contributed by atoms with E-state index in [-0.39, 0.29) is 0 Å². The first-order valence-electron chi connectivity index (χ1n) is 5.77. The van der Waals surface area contributed by atoms with Gasteiger partial charge in [-0.05, 0) is 18.3 Å². The number of hydrogen-bond donors (Lipinski definition) is 2. The van der Waals surface area contributed by atoms with Crippen LogP contribution in [0.4, 0.5) is 11.6 Å². The van der Waals surface area contributed by atoms with Crippen molar-refractivity contribution in [2.45, 2.75) is 40.5 Å². The Labute approximate surface area is 97.7 Å². The van der Waals surface area contributed by atoms with Crippen LogP contribution in [0.15, 0.2) is 6.33 Å². The fourth-order valence-corrected chi connectivity index (χ4v) is 1.48. The molecule has 1 heterocycles. The van der Waals surface area contributed by atoms with Crippen molar-refractivity contribution in [3.8, 4) is 0 Å². The molecular formula is C12H22N4. The summed E-state index contributed by atoms with van der Waals surface area (Å²) in [5.74, 6) is 1.45. The van der Waals surface area contributed by atoms with Gasteiger partial charge in [0, 0.05) is 12.1 Å². The summed E-state index contributed by atoms with van der Waals surface area (Å²) in [6.07, 6.45) is 3.46. The molecule has 0 spiro atoms. The minimum absolute atomic E-state index is 0.331. The highest BCUT2D eigenvalue weighted by Crippen LogP contribution is 2.20. The molecule has 3 N–H and O–H groups in total. The monoisotopic (exact) mass is 222 g/mol. The molecular weight excluding hydrogens is 200 g/mol. The van der Waals surface area contributed by atoms with E-state index in [1.807, 2.05) is 0 Å². The molecule has 0 atom stereocenters. The molecule has 0 bridgehead atoms. The predicted molar refractivity (Wildman–Crippen MR) is 68.4 cm³/mol. The Morgan fingerprint density at radius 2 is 2.00 bits per heavy atom. The third-order valence-corrected chi connectivity index (χ3v) is 2.50. The molecule has 0 saturated heterocycles. The SMILES string of the molecule is CCc1c(N)ncnc1NCCC(C)(C)C. The third-order valence-electron chi connectivity index (χ3n) is 2.50. The maximum Gasteiger partial charge on any atom is 0.134 e. The van der Waals surface area contributed by atoms with Crippen LogP contribution in [0, 0.1) is 5.41 Å². The molecule has 0 aliphatic heterocycles. The lowest BCUT2D eigenvalue weighted by atomic mass is 9.92. The van der Waals surface area contributed by atoms with Crippen LogP contribution in [0.1, 0.15) is 39.7 Å². The van der Waals surface area contributed by atoms with Crippen molar-refractivity contribution < 1.29 is 0 Å². The smallest absolute Gasteiger partial charge is 0.134 e. The number of nitrogens with zero attached hydrogens (tertiary/aromatic N) is 2. The largest absolute Gasteiger partial charge is 0.383 e. The number of nitrogens with one attached hydrogen (secondary N) is 1. The summed E-state index contributed by atoms with van der Waals surface area (Å²) in [5, 5.41) is 3.33. The Morgan fingerprint density at radius 1 is 1.31 bits per heavy atom. The van der Waals surface area contributed by atoms with Gasteiger partial charge in [-0.2, -0.15) is 0 Å². The van der Waals surface area contributed by atoms with E-state index in [0.717, 1.165) is 30.8 Å². The van der Waals surface area contributed by atoms with Gasteiger partial charge in [0.2, 0.25) is 0 Å². The van der Waals surface area contributed by atoms with Gasteiger partial charge in [0.05, 0.1) is 0 Å². The summed E-state index contributed by atoms with van der Waals surface area (Å²) in [6, 6.07) is 0. The van der Waals surface area contributed by atoms with Gasteiger partial charge in [-0.1, -0.05) is 27.7 Å². The van der Waals surface area contributed by atoms with Crippen LogP contribution >= 0.6 is 0 Å². The summed E-state index contributed by atoms with van der Waals surface area (Å²) in [6.45, 7) is 9.65. The van der Waals surface area contributed by atoms with Crippen LogP contribution in [0.5, 0.6) is 0 Å². The molecule has 0 amide bonds. The molecule has 4 nitrogen and oxygen atoms in total. The topological polar surface area (TPSA) is 63.8 Å². The Bertz CT molecular complexity index is 341. The van der Waals surface area contributed by atoms with E-state index in [9.17, 15) is 0 Å². The first-order chi connectivity index (χ1) is 7.44. The van der Waals surface area contributed by atoms with E-state index < -0.39 is 0 Å². The lowest BCUT2D eigenvalue weighted by molar-refractivity contribution is 0.389. The van der Waals surface area contributed by atoms with Crippen molar-refractivity contribution in [2.24, 2.45) is 5.41 Å². The molecule has 1 aromatic heterocycles. The quantitative estimate of drug-likeness (QED) is 0.821. The summed E-state index contributed by atoms with van der Waals surface area (Å²) >= 11 is 0. The van der Waals surface area contributed by atoms with Gasteiger partial charge in [-0.3, -0.25) is 0 Å². The van der Waals surface area contributed by atoms with Gasteiger partial charge in [0.1, 0.15) is 18.0 Å². The highest BCUT2D eigenvalue weighted by atomic mass is 15.0. The molecule has 0 aromatic carbocycles. The van der Waals surface area contributed by atoms with Gasteiger partial charge in [-0.15, -0.1) is 0 Å². The van der Waals surface area contributed by atoms with Crippen molar-refractivity contribution in [2.75, 3.05) is 17.6 Å². The maximum atomic E-state index is 5.80. The average molecular weight is 222 g/mol. The number of nitrogens with two attached hydrogens (primary N) is 1. The van der Waals surface area contributed by atoms with Crippen LogP contribution in [-0.4, -0.2) is 16.5 Å². The summed E-state index contributed by atoms with van der Waals surface area (Å²) in [4.78, 5) is 8.22. The first-order valence-corrected chi connectivity index (χ1v) is 5.77. The van der Waals surface area contributed by atoms with E-state index >= 15 is 0 Å². The van der Waals surface area contributed by atoms with Crippen molar-refractivity contribution in [3.63, 3.8) is 0 Å². The number of anilines is 2. The molecule has 0 fully saturated rings. The van der Waals surface area contributed by atoms with Gasteiger partial charge in [0.25, 0.3) is 0 Å². The fraction of sp³-hybridized carbons (Fsp3) is 0.667. The lowest BCUT2D eigenvalue weighted by Gasteiger charge is -2.19. The van der Waals surface area contributed by atoms with Crippen molar-refractivity contribution in [3.05, 3.63) is 11.9 Å². The molecule has 0 aliphatic carbocycles. The van der Waals surface area contributed by atoms with Crippen LogP contribution in [-0.2, 0) is 6.42 Å². The molecule has 1 rings (SSSR count). The highest BCUT2D eigenvalue weighted by molar-refractivity contribution is 5.54. The Kier molecular flexibility index (Phi) is 4.10. The first kappa shape index (κ1) is 12.7. The standard InChI is InChI=1S/C12H22N4/c1-5-9-10(13)15-8-16-11(9)14-7-6-12(2,3)4/h8H,5-7H2,1-4H3,(H3,13,14,15,16). The highest BCUT2D eigenvalue weighted by Gasteiger charge is 2.11. The minimum atomic E-state index is 0.331. The summed E-state index contributed by atoms with van der Waals surface area (Å²) in [7, 11) is 0. The molecule has 0 radical (unpaired) electrons. The number of rotatable bonds is 4. The molecule has 0 unspecified atom stereocenters. The average Bonchev–Trinajstić information content (AvgIpc) is 2.16. The molecule has 16 heavy (non-hydrogen) atoms. The van der Waals surface area contributed by atoms with E-state index in [1.54, 1.807) is 0 Å². The van der Waals surface area contributed by atoms with Crippen molar-refractivity contribution >= 4 is 11.6 Å². The lowest BCUT2D eigenvalue weighted by Crippen LogP contribution is -2.15. The minimum Gasteiger partial charge on any atom is -0.383 e. The van der Waals surface area contributed by atoms with Crippen LogP contribution in [0.2, 0.25) is 0 Å². The third kappa shape index (κ3) is 3.68. The van der Waals surface area contributed by atoms with Gasteiger partial charge >= 0.3 is 0 Å². The fourth-order valence-electron chi connectivity index (χ4n) is 1.48. The van der Waals surface area contributed by atoms with Crippen molar-refractivity contribution in [1.82, 2.24) is 9.97 Å². The molecule has 1 aromatic rings. The summed E-state index contributed by atoms with van der Waals surface area (Å²) in [5.41, 5.74) is 7.14. The van der Waals surface area contributed by atoms with Crippen molar-refractivity contribution in [1.29, 1.82) is 0 Å². The molecule has 0 aliphatic rings. The number of hydrogen-bond acceptors (Lipinski definition) is 4. The normalized spacial score (nSPS) is 11.5. The Morgan fingerprint density at radius 3 is 2.56 bits per heavy atom. The van der Waals surface area contributed by atoms with E-state index in [1.165, 1.54) is 6.33 Å². The van der Waals surface area contributed by atoms with Gasteiger partial charge in [-0.25, -0.2) is 9.97 Å². The zero-order valence-corrected chi connectivity index (χ0v) is 10.7. The number of nitrogen functional groups attached to an aromatic ring is 1. The van der Waals surface area contributed by atoms with Crippen LogP contribution in [0.3, 0.4) is 0 Å². The zero-order valence-electron chi connectivity index (χ0n) is 10.7. The number of aromatic nitrogens is 2. The van der Waals surface area contributed by atoms with Crippen LogP contribution in [0.25, 0.3) is 0 Å². The Hall–Kier alpha value is -1.32. The second-order valence-corrected chi connectivity index (χ2v) is 5.18. The Balaban J connectivity index is 2.64. The maximum absolute atomic E-state index is 5.80. The van der Waals surface area contributed by atoms with E-state index in [4.69, 9.17) is 5.73 Å². The van der Waals surface area contributed by atoms with Gasteiger partial charge in [0.15, 0.2) is 0 Å². The predicted octanol–water partition coefficient (Wildman–Crippen LogP) is 2.47. The second kappa shape index (κ2) is 5.14. The van der Waals surface area contributed by atoms with Crippen LogP contribution < -0.4 is 11.1 Å². The van der Waals surface area contributed by atoms with Gasteiger partial charge < -0.3 is 11.1 Å². The summed E-state index contributed by atoms with van der Waals surface area (Å²) < 4.78 is 0. The van der Waals surface area contributed by atoms with E-state index in [2.05, 4.69) is 43.0 Å². The molecule has 90 valence electrons. The second-order valence-electron chi connectivity index (χ2n) is 5.18. The molecule has 4 heteroatoms. The van der Waals surface area contributed by atoms with E-state index in [0.29, 0.717) is 11.2 Å².